The van der Waals surface area contributed by atoms with E-state index in [1.54, 1.807) is 45.0 Å². The molecule has 10 nitrogen and oxygen atoms in total. The smallest absolute Gasteiger partial charge is 0.319 e. The zero-order valence-corrected chi connectivity index (χ0v) is 24.6. The van der Waals surface area contributed by atoms with E-state index in [1.807, 2.05) is 0 Å². The van der Waals surface area contributed by atoms with E-state index in [1.165, 1.54) is 51.4 Å². The molecule has 40 heavy (non-hydrogen) atoms. The molecule has 3 rings (SSSR count). The summed E-state index contributed by atoms with van der Waals surface area (Å²) in [5.41, 5.74) is 3.90. The van der Waals surface area contributed by atoms with Crippen molar-refractivity contribution in [3.05, 3.63) is 29.8 Å². The Morgan fingerprint density at radius 3 is 2.20 bits per heavy atom. The molecule has 4 N–H and O–H groups in total. The molecule has 0 saturated carbocycles. The number of fused-ring (bicyclic) bond motifs is 1. The predicted octanol–water partition coefficient (Wildman–Crippen LogP) is 4.95. The molecule has 0 aliphatic carbocycles. The van der Waals surface area contributed by atoms with Crippen molar-refractivity contribution in [1.82, 2.24) is 10.8 Å². The number of carbonyl (C=O) groups excluding carboxylic acids is 2. The predicted molar refractivity (Wildman–Crippen MR) is 152 cm³/mol. The molecule has 0 unspecified atom stereocenters. The van der Waals surface area contributed by atoms with Crippen LogP contribution in [0.5, 0.6) is 0 Å². The fourth-order valence-electron chi connectivity index (χ4n) is 5.19. The highest BCUT2D eigenvalue weighted by Gasteiger charge is 2.56. The van der Waals surface area contributed by atoms with Crippen LogP contribution in [-0.2, 0) is 30.3 Å². The summed E-state index contributed by atoms with van der Waals surface area (Å²) in [6.07, 6.45) is 9.97. The first kappa shape index (κ1) is 32.3. The quantitative estimate of drug-likeness (QED) is 0.156. The van der Waals surface area contributed by atoms with Crippen LogP contribution >= 0.6 is 0 Å². The Balaban J connectivity index is 1.26. The monoisotopic (exact) mass is 563 g/mol. The first-order valence-corrected chi connectivity index (χ1v) is 14.9. The van der Waals surface area contributed by atoms with Crippen molar-refractivity contribution >= 4 is 17.6 Å². The maximum absolute atomic E-state index is 12.5. The lowest BCUT2D eigenvalue weighted by Gasteiger charge is -2.26. The van der Waals surface area contributed by atoms with Gasteiger partial charge in [-0.05, 0) is 44.9 Å². The lowest BCUT2D eigenvalue weighted by Crippen LogP contribution is -2.48. The Bertz CT molecular complexity index is 911. The van der Waals surface area contributed by atoms with Crippen molar-refractivity contribution in [2.75, 3.05) is 11.9 Å². The number of carbonyl (C=O) groups is 2. The molecule has 0 bridgehead atoms. The number of benzene rings is 1. The van der Waals surface area contributed by atoms with E-state index >= 15 is 0 Å². The average Bonchev–Trinajstić information content (AvgIpc) is 3.38. The molecule has 2 aliphatic rings. The molecule has 1 aromatic carbocycles. The molecule has 5 atom stereocenters. The molecule has 1 aromatic rings. The number of urea groups is 1. The summed E-state index contributed by atoms with van der Waals surface area (Å²) in [5, 5.41) is 15.8. The Morgan fingerprint density at radius 2 is 1.55 bits per heavy atom. The molecule has 3 amide bonds. The minimum atomic E-state index is -1.11. The van der Waals surface area contributed by atoms with E-state index in [0.29, 0.717) is 12.3 Å². The third-order valence-electron chi connectivity index (χ3n) is 7.28. The number of aliphatic hydroxyl groups is 1. The first-order chi connectivity index (χ1) is 19.2. The number of rotatable bonds is 17. The Kier molecular flexibility index (Phi) is 13.1. The van der Waals surface area contributed by atoms with Gasteiger partial charge in [0, 0.05) is 5.69 Å². The zero-order chi connectivity index (χ0) is 29.0. The highest BCUT2D eigenvalue weighted by atomic mass is 16.8. The van der Waals surface area contributed by atoms with Crippen LogP contribution in [0.1, 0.15) is 97.5 Å². The van der Waals surface area contributed by atoms with Crippen LogP contribution in [0.25, 0.3) is 0 Å². The summed E-state index contributed by atoms with van der Waals surface area (Å²) in [5.74, 6) is -1.03. The minimum absolute atomic E-state index is 0.184. The van der Waals surface area contributed by atoms with E-state index in [9.17, 15) is 14.7 Å². The van der Waals surface area contributed by atoms with Gasteiger partial charge in [-0.15, -0.1) is 0 Å². The second kappa shape index (κ2) is 16.3. The second-order valence-corrected chi connectivity index (χ2v) is 11.4. The van der Waals surface area contributed by atoms with Crippen molar-refractivity contribution < 1.29 is 33.7 Å². The van der Waals surface area contributed by atoms with Gasteiger partial charge in [-0.25, -0.2) is 10.3 Å². The molecule has 0 aromatic heterocycles. The highest BCUT2D eigenvalue weighted by Crippen LogP contribution is 2.38. The molecule has 2 fully saturated rings. The number of hydrogen-bond acceptors (Lipinski definition) is 7. The molecule has 2 heterocycles. The third-order valence-corrected chi connectivity index (χ3v) is 7.28. The number of hydrogen-bond donors (Lipinski definition) is 4. The van der Waals surface area contributed by atoms with Crippen molar-refractivity contribution in [3.8, 4) is 0 Å². The van der Waals surface area contributed by atoms with Crippen LogP contribution in [0.2, 0.25) is 0 Å². The van der Waals surface area contributed by atoms with Crippen molar-refractivity contribution in [2.45, 2.75) is 135 Å². The highest BCUT2D eigenvalue weighted by molar-refractivity contribution is 5.89. The number of amides is 3. The summed E-state index contributed by atoms with van der Waals surface area (Å²) < 4.78 is 17.1. The van der Waals surface area contributed by atoms with Gasteiger partial charge in [0.05, 0.1) is 19.1 Å². The number of ether oxygens (including phenoxy) is 3. The fourth-order valence-corrected chi connectivity index (χ4v) is 5.19. The van der Waals surface area contributed by atoms with Crippen LogP contribution in [0.15, 0.2) is 24.3 Å². The minimum Gasteiger partial charge on any atom is -0.366 e. The van der Waals surface area contributed by atoms with Gasteiger partial charge in [-0.1, -0.05) is 76.8 Å². The van der Waals surface area contributed by atoms with Gasteiger partial charge < -0.3 is 30.0 Å². The van der Waals surface area contributed by atoms with E-state index < -0.39 is 42.5 Å². The van der Waals surface area contributed by atoms with Gasteiger partial charge in [0.25, 0.3) is 0 Å². The lowest BCUT2D eigenvalue weighted by molar-refractivity contribution is -0.222. The Hall–Kier alpha value is -2.24. The SMILES string of the molecule is CCCCCCCCCCCCONC(=O)Cc1ccc(NC(=O)N[C@@H](C)[C@H]2O[C@H](O)[C@H]3OC(C)(C)O[C@@H]23)cc1. The van der Waals surface area contributed by atoms with Crippen LogP contribution in [0.4, 0.5) is 10.5 Å². The van der Waals surface area contributed by atoms with E-state index in [2.05, 4.69) is 23.0 Å². The van der Waals surface area contributed by atoms with Gasteiger partial charge in [0.15, 0.2) is 12.1 Å². The number of anilines is 1. The Labute approximate surface area is 238 Å². The third kappa shape index (κ3) is 10.6. The molecule has 2 saturated heterocycles. The first-order valence-electron chi connectivity index (χ1n) is 14.9. The van der Waals surface area contributed by atoms with E-state index in [4.69, 9.17) is 19.0 Å². The second-order valence-electron chi connectivity index (χ2n) is 11.4. The maximum atomic E-state index is 12.5. The van der Waals surface area contributed by atoms with Crippen LogP contribution in [0.3, 0.4) is 0 Å². The molecule has 2 aliphatic heterocycles. The number of hydroxylamine groups is 1. The number of nitrogens with one attached hydrogen (secondary N) is 3. The topological polar surface area (TPSA) is 127 Å². The number of unbranched alkanes of at least 4 members (excludes halogenated alkanes) is 9. The molecule has 0 spiro atoms. The van der Waals surface area contributed by atoms with Gasteiger partial charge >= 0.3 is 6.03 Å². The molecular weight excluding hydrogens is 514 g/mol. The maximum Gasteiger partial charge on any atom is 0.319 e. The Morgan fingerprint density at radius 1 is 0.950 bits per heavy atom. The van der Waals surface area contributed by atoms with Gasteiger partial charge in [-0.3, -0.25) is 9.63 Å². The fraction of sp³-hybridized carbons (Fsp3) is 0.733. The van der Waals surface area contributed by atoms with Crippen molar-refractivity contribution in [1.29, 1.82) is 0 Å². The largest absolute Gasteiger partial charge is 0.366 e. The molecule has 226 valence electrons. The van der Waals surface area contributed by atoms with Gasteiger partial charge in [0.2, 0.25) is 5.91 Å². The molecule has 0 radical (unpaired) electrons. The van der Waals surface area contributed by atoms with Crippen LogP contribution in [-0.4, -0.2) is 60.1 Å². The summed E-state index contributed by atoms with van der Waals surface area (Å²) in [6.45, 7) is 8.10. The lowest BCUT2D eigenvalue weighted by atomic mass is 10.1. The summed E-state index contributed by atoms with van der Waals surface area (Å²) in [6, 6.07) is 6.18. The van der Waals surface area contributed by atoms with Crippen molar-refractivity contribution in [3.63, 3.8) is 0 Å². The molecular formula is C30H49N3O7. The van der Waals surface area contributed by atoms with Gasteiger partial charge in [0.1, 0.15) is 18.3 Å². The normalized spacial score (nSPS) is 23.9. The van der Waals surface area contributed by atoms with Gasteiger partial charge in [-0.2, -0.15) is 0 Å². The molecule has 10 heteroatoms. The van der Waals surface area contributed by atoms with Crippen LogP contribution in [0, 0.1) is 0 Å². The van der Waals surface area contributed by atoms with Crippen LogP contribution < -0.4 is 16.1 Å². The van der Waals surface area contributed by atoms with E-state index in [-0.39, 0.29) is 12.3 Å². The summed E-state index contributed by atoms with van der Waals surface area (Å²) in [7, 11) is 0. The van der Waals surface area contributed by atoms with Crippen molar-refractivity contribution in [2.24, 2.45) is 0 Å². The summed E-state index contributed by atoms with van der Waals surface area (Å²) in [4.78, 5) is 30.1. The number of aliphatic hydroxyl groups excluding tert-OH is 1. The standard InChI is InChI=1S/C30H49N3O7/c1-5-6-7-8-9-10-11-12-13-14-19-37-33-24(34)20-22-15-17-23(18-16-22)32-29(36)31-21(2)25-26-27(28(35)38-25)40-30(3,4)39-26/h15-18,21,25-28,35H,5-14,19-20H2,1-4H3,(H,33,34)(H2,31,32,36)/t21-,25+,26-,27-,28-/m0/s1. The summed E-state index contributed by atoms with van der Waals surface area (Å²) >= 11 is 0. The van der Waals surface area contributed by atoms with E-state index in [0.717, 1.165) is 18.4 Å². The zero-order valence-electron chi connectivity index (χ0n) is 24.6. The average molecular weight is 564 g/mol.